The zero-order valence-electron chi connectivity index (χ0n) is 8.17. The molecule has 2 N–H and O–H groups in total. The van der Waals surface area contributed by atoms with Gasteiger partial charge in [0.15, 0.2) is 0 Å². The first-order chi connectivity index (χ1) is 6.28. The summed E-state index contributed by atoms with van der Waals surface area (Å²) in [4.78, 5) is 0. The molecule has 3 atom stereocenters. The zero-order valence-corrected chi connectivity index (χ0v) is 8.17. The third-order valence-electron chi connectivity index (χ3n) is 4.38. The number of hydrogen-bond donors (Lipinski definition) is 1. The minimum atomic E-state index is 0.153. The van der Waals surface area contributed by atoms with E-state index in [-0.39, 0.29) is 5.54 Å². The summed E-state index contributed by atoms with van der Waals surface area (Å²) in [5.41, 5.74) is 6.62. The van der Waals surface area contributed by atoms with Gasteiger partial charge in [-0.2, -0.15) is 0 Å². The van der Waals surface area contributed by atoms with Crippen molar-refractivity contribution in [1.29, 1.82) is 0 Å². The van der Waals surface area contributed by atoms with Crippen molar-refractivity contribution in [3.63, 3.8) is 0 Å². The average molecular weight is 181 g/mol. The van der Waals surface area contributed by atoms with Gasteiger partial charge < -0.3 is 10.5 Å². The highest BCUT2D eigenvalue weighted by atomic mass is 16.5. The quantitative estimate of drug-likeness (QED) is 0.669. The lowest BCUT2D eigenvalue weighted by Gasteiger charge is -2.35. The van der Waals surface area contributed by atoms with E-state index in [2.05, 4.69) is 0 Å². The Morgan fingerprint density at radius 2 is 1.92 bits per heavy atom. The maximum Gasteiger partial charge on any atom is 0.0626 e. The van der Waals surface area contributed by atoms with E-state index >= 15 is 0 Å². The molecule has 13 heavy (non-hydrogen) atoms. The van der Waals surface area contributed by atoms with Crippen LogP contribution >= 0.6 is 0 Å². The number of fused-ring (bicyclic) bond motifs is 2. The van der Waals surface area contributed by atoms with Gasteiger partial charge in [0.25, 0.3) is 0 Å². The van der Waals surface area contributed by atoms with Crippen molar-refractivity contribution in [2.45, 2.75) is 62.7 Å². The maximum atomic E-state index is 6.47. The van der Waals surface area contributed by atoms with Crippen LogP contribution in [0.2, 0.25) is 0 Å². The van der Waals surface area contributed by atoms with Crippen LogP contribution in [0.4, 0.5) is 0 Å². The van der Waals surface area contributed by atoms with E-state index in [0.29, 0.717) is 18.1 Å². The molecule has 2 aliphatic heterocycles. The monoisotopic (exact) mass is 181 g/mol. The predicted octanol–water partition coefficient (Wildman–Crippen LogP) is 1.83. The number of hydrogen-bond acceptors (Lipinski definition) is 2. The van der Waals surface area contributed by atoms with Gasteiger partial charge in [-0.1, -0.05) is 12.8 Å². The predicted molar refractivity (Wildman–Crippen MR) is 51.4 cm³/mol. The van der Waals surface area contributed by atoms with Crippen LogP contribution in [0.1, 0.15) is 44.9 Å². The van der Waals surface area contributed by atoms with Crippen LogP contribution in [0.15, 0.2) is 0 Å². The van der Waals surface area contributed by atoms with Gasteiger partial charge in [-0.05, 0) is 32.1 Å². The lowest BCUT2D eigenvalue weighted by Crippen LogP contribution is -2.48. The lowest BCUT2D eigenvalue weighted by molar-refractivity contribution is 0.0764. The summed E-state index contributed by atoms with van der Waals surface area (Å²) >= 11 is 0. The van der Waals surface area contributed by atoms with E-state index in [1.807, 2.05) is 0 Å². The molecular formula is C11H19NO. The molecule has 0 aromatic heterocycles. The van der Waals surface area contributed by atoms with Gasteiger partial charge in [0.05, 0.1) is 12.2 Å². The third kappa shape index (κ3) is 1.15. The molecule has 74 valence electrons. The lowest BCUT2D eigenvalue weighted by atomic mass is 9.74. The van der Waals surface area contributed by atoms with Crippen LogP contribution in [-0.2, 0) is 4.74 Å². The number of ether oxygens (including phenoxy) is 1. The molecule has 1 saturated carbocycles. The van der Waals surface area contributed by atoms with Gasteiger partial charge in [-0.3, -0.25) is 0 Å². The van der Waals surface area contributed by atoms with E-state index in [0.717, 1.165) is 0 Å². The molecule has 0 aromatic rings. The highest BCUT2D eigenvalue weighted by Gasteiger charge is 2.50. The van der Waals surface area contributed by atoms with Crippen LogP contribution in [-0.4, -0.2) is 17.7 Å². The van der Waals surface area contributed by atoms with Crippen LogP contribution in [0, 0.1) is 5.92 Å². The molecule has 0 aromatic carbocycles. The fraction of sp³-hybridized carbons (Fsp3) is 1.00. The standard InChI is InChI=1S/C11H19NO/c12-11(5-1-2-6-11)9-7-8-3-4-10(9)13-8/h8-10H,1-7,12H2. The Hall–Kier alpha value is -0.0800. The second-order valence-electron chi connectivity index (χ2n) is 5.16. The van der Waals surface area contributed by atoms with Gasteiger partial charge in [-0.25, -0.2) is 0 Å². The van der Waals surface area contributed by atoms with Crippen molar-refractivity contribution in [3.8, 4) is 0 Å². The highest BCUT2D eigenvalue weighted by Crippen LogP contribution is 2.48. The van der Waals surface area contributed by atoms with E-state index in [1.165, 1.54) is 44.9 Å². The minimum Gasteiger partial charge on any atom is -0.375 e. The van der Waals surface area contributed by atoms with Crippen LogP contribution < -0.4 is 5.73 Å². The van der Waals surface area contributed by atoms with Crippen LogP contribution in [0.5, 0.6) is 0 Å². The molecule has 3 rings (SSSR count). The molecule has 2 heterocycles. The van der Waals surface area contributed by atoms with Crippen molar-refractivity contribution in [1.82, 2.24) is 0 Å². The van der Waals surface area contributed by atoms with Crippen molar-refractivity contribution >= 4 is 0 Å². The van der Waals surface area contributed by atoms with E-state index in [9.17, 15) is 0 Å². The molecule has 3 fully saturated rings. The van der Waals surface area contributed by atoms with Gasteiger partial charge in [-0.15, -0.1) is 0 Å². The van der Waals surface area contributed by atoms with E-state index in [1.54, 1.807) is 0 Å². The van der Waals surface area contributed by atoms with Gasteiger partial charge in [0.1, 0.15) is 0 Å². The normalized spacial score (nSPS) is 47.3. The molecule has 0 amide bonds. The third-order valence-corrected chi connectivity index (χ3v) is 4.38. The second-order valence-corrected chi connectivity index (χ2v) is 5.16. The number of nitrogens with two attached hydrogens (primary N) is 1. The van der Waals surface area contributed by atoms with Crippen molar-refractivity contribution in [3.05, 3.63) is 0 Å². The second kappa shape index (κ2) is 2.71. The fourth-order valence-corrected chi connectivity index (χ4v) is 3.65. The summed E-state index contributed by atoms with van der Waals surface area (Å²) in [7, 11) is 0. The van der Waals surface area contributed by atoms with Crippen LogP contribution in [0.3, 0.4) is 0 Å². The Labute approximate surface area is 79.8 Å². The minimum absolute atomic E-state index is 0.153. The topological polar surface area (TPSA) is 35.2 Å². The summed E-state index contributed by atoms with van der Waals surface area (Å²) in [5.74, 6) is 0.689. The molecule has 2 saturated heterocycles. The summed E-state index contributed by atoms with van der Waals surface area (Å²) in [6, 6.07) is 0. The summed E-state index contributed by atoms with van der Waals surface area (Å²) in [5, 5.41) is 0. The Morgan fingerprint density at radius 1 is 1.15 bits per heavy atom. The Morgan fingerprint density at radius 3 is 2.46 bits per heavy atom. The maximum absolute atomic E-state index is 6.47. The first-order valence-electron chi connectivity index (χ1n) is 5.72. The number of rotatable bonds is 1. The highest BCUT2D eigenvalue weighted by molar-refractivity contribution is 5.04. The fourth-order valence-electron chi connectivity index (χ4n) is 3.65. The van der Waals surface area contributed by atoms with Crippen molar-refractivity contribution in [2.24, 2.45) is 11.7 Å². The van der Waals surface area contributed by atoms with Gasteiger partial charge in [0.2, 0.25) is 0 Å². The first kappa shape index (κ1) is 8.25. The molecule has 2 bridgehead atoms. The van der Waals surface area contributed by atoms with Gasteiger partial charge >= 0.3 is 0 Å². The Balaban J connectivity index is 1.78. The summed E-state index contributed by atoms with van der Waals surface area (Å²) in [6.45, 7) is 0. The van der Waals surface area contributed by atoms with E-state index < -0.39 is 0 Å². The average Bonchev–Trinajstić information content (AvgIpc) is 2.77. The van der Waals surface area contributed by atoms with Crippen molar-refractivity contribution < 1.29 is 4.74 Å². The van der Waals surface area contributed by atoms with Gasteiger partial charge in [0, 0.05) is 11.5 Å². The zero-order chi connectivity index (χ0) is 8.89. The molecule has 1 aliphatic carbocycles. The molecule has 0 spiro atoms. The molecule has 2 nitrogen and oxygen atoms in total. The molecule has 3 aliphatic rings. The Bertz CT molecular complexity index is 210. The first-order valence-corrected chi connectivity index (χ1v) is 5.72. The van der Waals surface area contributed by atoms with Crippen LogP contribution in [0.25, 0.3) is 0 Å². The Kier molecular flexibility index (Phi) is 1.72. The van der Waals surface area contributed by atoms with E-state index in [4.69, 9.17) is 10.5 Å². The molecule has 2 heteroatoms. The van der Waals surface area contributed by atoms with Crippen molar-refractivity contribution in [2.75, 3.05) is 0 Å². The smallest absolute Gasteiger partial charge is 0.0626 e. The molecule has 3 unspecified atom stereocenters. The largest absolute Gasteiger partial charge is 0.375 e. The molecule has 0 radical (unpaired) electrons. The molecular weight excluding hydrogens is 162 g/mol. The SMILES string of the molecule is NC1(C2CC3CCC2O3)CCCC1. The summed E-state index contributed by atoms with van der Waals surface area (Å²) < 4.78 is 5.88. The summed E-state index contributed by atoms with van der Waals surface area (Å²) in [6.07, 6.45) is 10.1.